The third kappa shape index (κ3) is 7.32. The summed E-state index contributed by atoms with van der Waals surface area (Å²) in [5.74, 6) is 2.91. The van der Waals surface area contributed by atoms with Crippen LogP contribution in [0.15, 0.2) is 69.0 Å². The maximum atomic E-state index is 5.83. The molecule has 0 aliphatic carbocycles. The number of epoxide rings is 1. The van der Waals surface area contributed by atoms with Crippen molar-refractivity contribution in [3.63, 3.8) is 0 Å². The normalized spacial score (nSPS) is 16.2. The van der Waals surface area contributed by atoms with Gasteiger partial charge < -0.3 is 22.7 Å². The summed E-state index contributed by atoms with van der Waals surface area (Å²) in [6, 6.07) is 7.36. The molecular weight excluding hydrogens is 457 g/mol. The number of rotatable bonds is 15. The third-order valence-corrected chi connectivity index (χ3v) is 21.8. The van der Waals surface area contributed by atoms with Gasteiger partial charge in [-0.25, -0.2) is 0 Å². The average Bonchev–Trinajstić information content (AvgIpc) is 3.23. The van der Waals surface area contributed by atoms with E-state index < -0.39 is 5.52 Å². The summed E-state index contributed by atoms with van der Waals surface area (Å²) < 4.78 is 26.9. The van der Waals surface area contributed by atoms with Gasteiger partial charge in [-0.05, 0) is 47.4 Å². The number of hydrogen-bond acceptors (Lipinski definition) is 8. The Kier molecular flexibility index (Phi) is 8.59. The van der Waals surface area contributed by atoms with Gasteiger partial charge in [-0.2, -0.15) is 33.6 Å². The van der Waals surface area contributed by atoms with E-state index in [0.717, 1.165) is 43.5 Å². The molecule has 0 N–H and O–H groups in total. The lowest BCUT2D eigenvalue weighted by atomic mass is 10.4. The highest BCUT2D eigenvalue weighted by atomic mass is 32.8. The monoisotopic (exact) mass is 482 g/mol. The van der Waals surface area contributed by atoms with Crippen LogP contribution >= 0.6 is 33.6 Å². The lowest BCUT2D eigenvalue weighted by Crippen LogP contribution is -2.24. The molecule has 5 nitrogen and oxygen atoms in total. The zero-order chi connectivity index (χ0) is 20.5. The Hall–Kier alpha value is -0.973. The fourth-order valence-corrected chi connectivity index (χ4v) is 18.0. The molecule has 9 heteroatoms. The molecule has 1 aliphatic rings. The van der Waals surface area contributed by atoms with Gasteiger partial charge in [0.15, 0.2) is 0 Å². The second-order valence-electron chi connectivity index (χ2n) is 7.08. The van der Waals surface area contributed by atoms with Gasteiger partial charge in [0.1, 0.15) is 6.10 Å². The predicted molar refractivity (Wildman–Crippen MR) is 126 cm³/mol. The van der Waals surface area contributed by atoms with Crippen molar-refractivity contribution < 1.29 is 22.7 Å². The standard InChI is InChI=1S/C21H26O5S3Si/c1(5-22-13-21-14-26-21)9-30(27-15-18-2-6-23-10-18,28-16-19-3-7-24-11-19)29-17-20-4-8-25-12-20/h2-4,6-8,10-12,21H,1,5,9,13-17H2. The van der Waals surface area contributed by atoms with Crippen molar-refractivity contribution in [2.45, 2.75) is 35.8 Å². The van der Waals surface area contributed by atoms with Gasteiger partial charge in [0.05, 0.1) is 50.8 Å². The molecule has 4 heterocycles. The molecule has 0 spiro atoms. The van der Waals surface area contributed by atoms with Crippen molar-refractivity contribution in [1.29, 1.82) is 0 Å². The molecule has 4 rings (SSSR count). The van der Waals surface area contributed by atoms with E-state index in [4.69, 9.17) is 22.7 Å². The Morgan fingerprint density at radius 3 is 1.73 bits per heavy atom. The Labute approximate surface area is 189 Å². The first-order valence-corrected chi connectivity index (χ1v) is 17.3. The maximum absolute atomic E-state index is 5.83. The molecule has 0 bridgehead atoms. The molecule has 1 unspecified atom stereocenters. The van der Waals surface area contributed by atoms with Crippen LogP contribution in [0.5, 0.6) is 0 Å². The van der Waals surface area contributed by atoms with Gasteiger partial charge in [0, 0.05) is 23.9 Å². The summed E-state index contributed by atoms with van der Waals surface area (Å²) >= 11 is 6.33. The van der Waals surface area contributed by atoms with Crippen molar-refractivity contribution >= 4 is 39.2 Å². The largest absolute Gasteiger partial charge is 0.472 e. The number of ether oxygens (including phenoxy) is 2. The fourth-order valence-electron chi connectivity index (χ4n) is 2.82. The number of furan rings is 3. The zero-order valence-electron chi connectivity index (χ0n) is 16.7. The molecule has 3 aromatic rings. The van der Waals surface area contributed by atoms with Gasteiger partial charge in [0.25, 0.3) is 0 Å². The van der Waals surface area contributed by atoms with Crippen LogP contribution in [0, 0.1) is 0 Å². The van der Waals surface area contributed by atoms with E-state index in [2.05, 4.69) is 51.8 Å². The molecule has 1 aliphatic heterocycles. The van der Waals surface area contributed by atoms with Crippen LogP contribution in [0.2, 0.25) is 6.04 Å². The first-order chi connectivity index (χ1) is 14.8. The topological polar surface area (TPSA) is 61.2 Å². The van der Waals surface area contributed by atoms with E-state index in [0.29, 0.717) is 6.10 Å². The first-order valence-electron chi connectivity index (χ1n) is 9.96. The van der Waals surface area contributed by atoms with E-state index in [1.165, 1.54) is 22.7 Å². The minimum absolute atomic E-state index is 0.327. The average molecular weight is 483 g/mol. The second-order valence-corrected chi connectivity index (χ2v) is 21.9. The van der Waals surface area contributed by atoms with E-state index >= 15 is 0 Å². The Balaban J connectivity index is 1.40. The highest BCUT2D eigenvalue weighted by molar-refractivity contribution is 8.80. The molecule has 0 radical (unpaired) electrons. The summed E-state index contributed by atoms with van der Waals surface area (Å²) in [7, 11) is 0. The van der Waals surface area contributed by atoms with E-state index in [-0.39, 0.29) is 0 Å². The maximum Gasteiger partial charge on any atom is 0.238 e. The van der Waals surface area contributed by atoms with Gasteiger partial charge in [-0.3, -0.25) is 0 Å². The van der Waals surface area contributed by atoms with Crippen molar-refractivity contribution in [2.75, 3.05) is 19.8 Å². The summed E-state index contributed by atoms with van der Waals surface area (Å²) in [5.41, 5.74) is 1.92. The molecule has 1 saturated heterocycles. The summed E-state index contributed by atoms with van der Waals surface area (Å²) in [4.78, 5) is 0. The van der Waals surface area contributed by atoms with Crippen molar-refractivity contribution in [1.82, 2.24) is 0 Å². The first kappa shape index (κ1) is 22.2. The lowest BCUT2D eigenvalue weighted by Gasteiger charge is -2.29. The van der Waals surface area contributed by atoms with Gasteiger partial charge >= 0.3 is 0 Å². The summed E-state index contributed by atoms with van der Waals surface area (Å²) in [6.07, 6.45) is 12.2. The quantitative estimate of drug-likeness (QED) is 0.142. The zero-order valence-corrected chi connectivity index (χ0v) is 20.1. The van der Waals surface area contributed by atoms with E-state index in [9.17, 15) is 0 Å². The molecule has 0 aromatic carbocycles. The van der Waals surface area contributed by atoms with Crippen molar-refractivity contribution in [2.24, 2.45) is 0 Å². The minimum Gasteiger partial charge on any atom is -0.472 e. The van der Waals surface area contributed by atoms with E-state index in [1.807, 2.05) is 18.8 Å². The van der Waals surface area contributed by atoms with Crippen LogP contribution in [0.1, 0.15) is 23.1 Å². The fraction of sp³-hybridized carbons (Fsp3) is 0.429. The summed E-state index contributed by atoms with van der Waals surface area (Å²) in [6.45, 7) is 2.36. The smallest absolute Gasteiger partial charge is 0.238 e. The Morgan fingerprint density at radius 2 is 1.33 bits per heavy atom. The van der Waals surface area contributed by atoms with Crippen LogP contribution in [0.3, 0.4) is 0 Å². The number of hydrogen-bond donors (Lipinski definition) is 0. The van der Waals surface area contributed by atoms with Crippen LogP contribution in [0.25, 0.3) is 0 Å². The Bertz CT molecular complexity index is 725. The molecule has 0 saturated carbocycles. The molecule has 1 atom stereocenters. The Morgan fingerprint density at radius 1 is 0.833 bits per heavy atom. The van der Waals surface area contributed by atoms with Crippen LogP contribution in [-0.2, 0) is 26.7 Å². The van der Waals surface area contributed by atoms with Gasteiger partial charge in [-0.1, -0.05) is 0 Å². The van der Waals surface area contributed by atoms with Crippen molar-refractivity contribution in [3.8, 4) is 0 Å². The highest BCUT2D eigenvalue weighted by Gasteiger charge is 2.36. The lowest BCUT2D eigenvalue weighted by molar-refractivity contribution is 0.117. The SMILES string of the molecule is c1cc(CS[Si](CCCOCC2CO2)(SCc2ccoc2)SCc2ccoc2)co1. The third-order valence-electron chi connectivity index (χ3n) is 4.59. The predicted octanol–water partition coefficient (Wildman–Crippen LogP) is 6.31. The molecule has 162 valence electrons. The minimum atomic E-state index is -1.81. The van der Waals surface area contributed by atoms with Crippen LogP contribution < -0.4 is 0 Å². The van der Waals surface area contributed by atoms with E-state index in [1.54, 1.807) is 18.8 Å². The molecule has 30 heavy (non-hydrogen) atoms. The molecule has 1 fully saturated rings. The second kappa shape index (κ2) is 11.6. The van der Waals surface area contributed by atoms with Crippen LogP contribution in [-0.4, -0.2) is 31.4 Å². The molecule has 3 aromatic heterocycles. The van der Waals surface area contributed by atoms with Gasteiger partial charge in [-0.15, -0.1) is 0 Å². The van der Waals surface area contributed by atoms with Gasteiger partial charge in [0.2, 0.25) is 5.52 Å². The molecular formula is C21H26O5S3Si. The van der Waals surface area contributed by atoms with Crippen molar-refractivity contribution in [3.05, 3.63) is 72.5 Å². The highest BCUT2D eigenvalue weighted by Crippen LogP contribution is 2.49. The van der Waals surface area contributed by atoms with Crippen LogP contribution in [0.4, 0.5) is 0 Å². The summed E-state index contributed by atoms with van der Waals surface area (Å²) in [5, 5.41) is 0. The molecule has 0 amide bonds.